The number of benzene rings is 2. The van der Waals surface area contributed by atoms with Crippen molar-refractivity contribution in [3.05, 3.63) is 71.8 Å². The van der Waals surface area contributed by atoms with Gasteiger partial charge >= 0.3 is 0 Å². The van der Waals surface area contributed by atoms with Gasteiger partial charge in [0, 0.05) is 19.6 Å². The molecule has 0 unspecified atom stereocenters. The summed E-state index contributed by atoms with van der Waals surface area (Å²) in [6.07, 6.45) is 2.09. The number of aliphatic imine (C=N–C) groups is 1. The van der Waals surface area contributed by atoms with Gasteiger partial charge in [-0.25, -0.2) is 0 Å². The number of hydrogen-bond donors (Lipinski definition) is 0. The maximum atomic E-state index is 4.64. The zero-order chi connectivity index (χ0) is 14.9. The highest BCUT2D eigenvalue weighted by Crippen LogP contribution is 2.15. The molecule has 0 radical (unpaired) electrons. The van der Waals surface area contributed by atoms with E-state index < -0.39 is 0 Å². The minimum Gasteiger partial charge on any atom is -0.343 e. The molecule has 0 saturated carbocycles. The molecule has 0 heterocycles. The van der Waals surface area contributed by atoms with Gasteiger partial charge in [-0.3, -0.25) is 4.99 Å². The summed E-state index contributed by atoms with van der Waals surface area (Å²) >= 11 is 1.72. The highest BCUT2D eigenvalue weighted by molar-refractivity contribution is 8.13. The Labute approximate surface area is 131 Å². The van der Waals surface area contributed by atoms with E-state index in [1.54, 1.807) is 11.8 Å². The summed E-state index contributed by atoms with van der Waals surface area (Å²) in [6, 6.07) is 21.1. The van der Waals surface area contributed by atoms with Gasteiger partial charge in [0.2, 0.25) is 0 Å². The summed E-state index contributed by atoms with van der Waals surface area (Å²) in [7, 11) is 0. The second kappa shape index (κ2) is 8.53. The van der Waals surface area contributed by atoms with Gasteiger partial charge in [-0.2, -0.15) is 0 Å². The molecule has 0 saturated heterocycles. The first kappa shape index (κ1) is 15.6. The van der Waals surface area contributed by atoms with Crippen LogP contribution in [0.1, 0.15) is 18.1 Å². The van der Waals surface area contributed by atoms with E-state index in [0.717, 1.165) is 24.8 Å². The Morgan fingerprint density at radius 1 is 0.905 bits per heavy atom. The molecule has 110 valence electrons. The zero-order valence-electron chi connectivity index (χ0n) is 12.7. The standard InChI is InChI=1S/C18H22N2S/c1-3-19-18(21-2)20(14-16-10-6-4-7-11-16)15-17-12-8-5-9-13-17/h4-13H,3,14-15H2,1-2H3. The molecule has 2 aromatic rings. The van der Waals surface area contributed by atoms with Gasteiger partial charge in [-0.1, -0.05) is 72.4 Å². The van der Waals surface area contributed by atoms with Crippen LogP contribution in [0.15, 0.2) is 65.7 Å². The van der Waals surface area contributed by atoms with Crippen molar-refractivity contribution in [3.63, 3.8) is 0 Å². The zero-order valence-corrected chi connectivity index (χ0v) is 13.5. The Bertz CT molecular complexity index is 510. The van der Waals surface area contributed by atoms with Crippen LogP contribution in [0, 0.1) is 0 Å². The van der Waals surface area contributed by atoms with Crippen molar-refractivity contribution in [1.82, 2.24) is 4.90 Å². The Kier molecular flexibility index (Phi) is 6.35. The van der Waals surface area contributed by atoms with E-state index >= 15 is 0 Å². The fraction of sp³-hybridized carbons (Fsp3) is 0.278. The molecule has 0 aliphatic carbocycles. The van der Waals surface area contributed by atoms with E-state index in [1.807, 2.05) is 0 Å². The van der Waals surface area contributed by atoms with Crippen molar-refractivity contribution in [2.45, 2.75) is 20.0 Å². The first-order valence-corrected chi connectivity index (χ1v) is 8.47. The average molecular weight is 298 g/mol. The van der Waals surface area contributed by atoms with Crippen LogP contribution in [0.2, 0.25) is 0 Å². The van der Waals surface area contributed by atoms with Crippen LogP contribution in [0.25, 0.3) is 0 Å². The van der Waals surface area contributed by atoms with Crippen LogP contribution in [0.5, 0.6) is 0 Å². The normalized spacial score (nSPS) is 11.4. The van der Waals surface area contributed by atoms with E-state index in [4.69, 9.17) is 0 Å². The van der Waals surface area contributed by atoms with Gasteiger partial charge in [0.15, 0.2) is 5.17 Å². The predicted octanol–water partition coefficient (Wildman–Crippen LogP) is 4.43. The van der Waals surface area contributed by atoms with Gasteiger partial charge in [-0.05, 0) is 24.3 Å². The molecule has 2 rings (SSSR count). The van der Waals surface area contributed by atoms with Crippen LogP contribution in [0.3, 0.4) is 0 Å². The van der Waals surface area contributed by atoms with E-state index in [1.165, 1.54) is 11.1 Å². The maximum absolute atomic E-state index is 4.64. The second-order valence-corrected chi connectivity index (χ2v) is 5.56. The lowest BCUT2D eigenvalue weighted by Gasteiger charge is -2.25. The summed E-state index contributed by atoms with van der Waals surface area (Å²) in [5, 5.41) is 1.10. The van der Waals surface area contributed by atoms with Gasteiger partial charge in [0.05, 0.1) is 0 Å². The molecule has 0 aliphatic rings. The van der Waals surface area contributed by atoms with E-state index in [-0.39, 0.29) is 0 Å². The van der Waals surface area contributed by atoms with Crippen molar-refractivity contribution in [2.75, 3.05) is 12.8 Å². The topological polar surface area (TPSA) is 15.6 Å². The SMILES string of the molecule is CCN=C(SC)N(Cc1ccccc1)Cc1ccccc1. The summed E-state index contributed by atoms with van der Waals surface area (Å²) in [5.74, 6) is 0. The third-order valence-corrected chi connectivity index (χ3v) is 3.93. The van der Waals surface area contributed by atoms with Gasteiger partial charge in [0.1, 0.15) is 0 Å². The second-order valence-electron chi connectivity index (χ2n) is 4.79. The molecular weight excluding hydrogens is 276 g/mol. The third-order valence-electron chi connectivity index (χ3n) is 3.18. The molecular formula is C18H22N2S. The molecule has 0 aromatic heterocycles. The van der Waals surface area contributed by atoms with E-state index in [9.17, 15) is 0 Å². The van der Waals surface area contributed by atoms with Gasteiger partial charge < -0.3 is 4.90 Å². The maximum Gasteiger partial charge on any atom is 0.159 e. The Morgan fingerprint density at radius 3 is 1.76 bits per heavy atom. The minimum atomic E-state index is 0.816. The van der Waals surface area contributed by atoms with Crippen molar-refractivity contribution in [1.29, 1.82) is 0 Å². The number of thioether (sulfide) groups is 1. The minimum absolute atomic E-state index is 0.816. The first-order valence-electron chi connectivity index (χ1n) is 7.24. The van der Waals surface area contributed by atoms with Crippen LogP contribution < -0.4 is 0 Å². The van der Waals surface area contributed by atoms with Crippen molar-refractivity contribution >= 4 is 16.9 Å². The number of nitrogens with zero attached hydrogens (tertiary/aromatic N) is 2. The third kappa shape index (κ3) is 4.94. The predicted molar refractivity (Wildman–Crippen MR) is 93.6 cm³/mol. The first-order chi connectivity index (χ1) is 10.3. The van der Waals surface area contributed by atoms with Crippen molar-refractivity contribution in [2.24, 2.45) is 4.99 Å². The largest absolute Gasteiger partial charge is 0.343 e. The molecule has 2 nitrogen and oxygen atoms in total. The van der Waals surface area contributed by atoms with Crippen LogP contribution in [-0.2, 0) is 13.1 Å². The van der Waals surface area contributed by atoms with Gasteiger partial charge in [0.25, 0.3) is 0 Å². The Morgan fingerprint density at radius 2 is 1.38 bits per heavy atom. The Balaban J connectivity index is 2.19. The molecule has 2 aromatic carbocycles. The summed E-state index contributed by atoms with van der Waals surface area (Å²) in [4.78, 5) is 6.99. The lowest BCUT2D eigenvalue weighted by molar-refractivity contribution is 0.413. The highest BCUT2D eigenvalue weighted by atomic mass is 32.2. The van der Waals surface area contributed by atoms with E-state index in [0.29, 0.717) is 0 Å². The molecule has 0 fully saturated rings. The van der Waals surface area contributed by atoms with E-state index in [2.05, 4.69) is 83.7 Å². The molecule has 21 heavy (non-hydrogen) atoms. The van der Waals surface area contributed by atoms with Crippen molar-refractivity contribution < 1.29 is 0 Å². The van der Waals surface area contributed by atoms with Crippen LogP contribution >= 0.6 is 11.8 Å². The molecule has 0 atom stereocenters. The summed E-state index contributed by atoms with van der Waals surface area (Å²) in [5.41, 5.74) is 2.62. The molecule has 0 spiro atoms. The van der Waals surface area contributed by atoms with Crippen molar-refractivity contribution in [3.8, 4) is 0 Å². The average Bonchev–Trinajstić information content (AvgIpc) is 2.54. The van der Waals surface area contributed by atoms with Gasteiger partial charge in [-0.15, -0.1) is 0 Å². The molecule has 0 N–H and O–H groups in total. The number of amidine groups is 1. The molecule has 3 heteroatoms. The monoisotopic (exact) mass is 298 g/mol. The lowest BCUT2D eigenvalue weighted by Crippen LogP contribution is -2.28. The fourth-order valence-corrected chi connectivity index (χ4v) is 2.87. The smallest absolute Gasteiger partial charge is 0.159 e. The molecule has 0 amide bonds. The lowest BCUT2D eigenvalue weighted by atomic mass is 10.2. The molecule has 0 bridgehead atoms. The quantitative estimate of drug-likeness (QED) is 0.599. The molecule has 0 aliphatic heterocycles. The van der Waals surface area contributed by atoms with Crippen LogP contribution in [0.4, 0.5) is 0 Å². The number of hydrogen-bond acceptors (Lipinski definition) is 2. The summed E-state index contributed by atoms with van der Waals surface area (Å²) < 4.78 is 0. The van der Waals surface area contributed by atoms with Crippen LogP contribution in [-0.4, -0.2) is 22.9 Å². The Hall–Kier alpha value is -1.74. The fourth-order valence-electron chi connectivity index (χ4n) is 2.23. The highest BCUT2D eigenvalue weighted by Gasteiger charge is 2.11. The number of rotatable bonds is 5. The summed E-state index contributed by atoms with van der Waals surface area (Å²) in [6.45, 7) is 4.67.